The van der Waals surface area contributed by atoms with Crippen molar-refractivity contribution in [1.82, 2.24) is 10.3 Å². The molecule has 3 heteroatoms. The maximum Gasteiger partial charge on any atom is 0.115 e. The highest BCUT2D eigenvalue weighted by molar-refractivity contribution is 7.11. The topological polar surface area (TPSA) is 24.9 Å². The molecule has 0 aliphatic heterocycles. The van der Waals surface area contributed by atoms with E-state index in [4.69, 9.17) is 4.98 Å². The van der Waals surface area contributed by atoms with Gasteiger partial charge >= 0.3 is 0 Å². The number of fused-ring (bicyclic) bond motifs is 1. The van der Waals surface area contributed by atoms with E-state index in [-0.39, 0.29) is 6.04 Å². The third kappa shape index (κ3) is 2.79. The van der Waals surface area contributed by atoms with Crippen LogP contribution in [0, 0.1) is 6.92 Å². The predicted molar refractivity (Wildman–Crippen MR) is 85.5 cm³/mol. The number of aromatic nitrogens is 1. The first kappa shape index (κ1) is 13.8. The minimum absolute atomic E-state index is 0.255. The normalized spacial score (nSPS) is 15.3. The SMILES string of the molecule is CCCNC(c1cccc(C)c1)c1nc2c(s1)CCC2. The van der Waals surface area contributed by atoms with Crippen LogP contribution in [0.3, 0.4) is 0 Å². The molecule has 20 heavy (non-hydrogen) atoms. The molecular formula is C17H22N2S. The molecular weight excluding hydrogens is 264 g/mol. The van der Waals surface area contributed by atoms with Crippen LogP contribution < -0.4 is 5.32 Å². The molecule has 1 heterocycles. The summed E-state index contributed by atoms with van der Waals surface area (Å²) in [5, 5.41) is 4.91. The lowest BCUT2D eigenvalue weighted by Gasteiger charge is -2.17. The summed E-state index contributed by atoms with van der Waals surface area (Å²) in [5.74, 6) is 0. The zero-order valence-corrected chi connectivity index (χ0v) is 13.1. The second-order valence-corrected chi connectivity index (χ2v) is 6.69. The van der Waals surface area contributed by atoms with Crippen LogP contribution in [-0.2, 0) is 12.8 Å². The molecule has 0 fully saturated rings. The van der Waals surface area contributed by atoms with Crippen LogP contribution >= 0.6 is 11.3 Å². The molecule has 0 bridgehead atoms. The number of rotatable bonds is 5. The van der Waals surface area contributed by atoms with Crippen LogP contribution in [0.25, 0.3) is 0 Å². The van der Waals surface area contributed by atoms with Crippen molar-refractivity contribution in [3.8, 4) is 0 Å². The quantitative estimate of drug-likeness (QED) is 0.897. The molecule has 2 nitrogen and oxygen atoms in total. The Bertz CT molecular complexity index is 567. The summed E-state index contributed by atoms with van der Waals surface area (Å²) in [6.45, 7) is 5.40. The summed E-state index contributed by atoms with van der Waals surface area (Å²) in [6.07, 6.45) is 4.82. The van der Waals surface area contributed by atoms with E-state index >= 15 is 0 Å². The van der Waals surface area contributed by atoms with Gasteiger partial charge in [-0.15, -0.1) is 11.3 Å². The van der Waals surface area contributed by atoms with E-state index in [9.17, 15) is 0 Å². The van der Waals surface area contributed by atoms with Gasteiger partial charge in [-0.25, -0.2) is 4.98 Å². The van der Waals surface area contributed by atoms with E-state index in [2.05, 4.69) is 43.4 Å². The van der Waals surface area contributed by atoms with E-state index in [0.717, 1.165) is 13.0 Å². The third-order valence-corrected chi connectivity index (χ3v) is 5.06. The first-order valence-electron chi connectivity index (χ1n) is 7.56. The van der Waals surface area contributed by atoms with E-state index in [1.807, 2.05) is 11.3 Å². The highest BCUT2D eigenvalue weighted by Gasteiger charge is 2.22. The molecule has 1 atom stereocenters. The summed E-state index contributed by atoms with van der Waals surface area (Å²) in [5.41, 5.74) is 4.00. The first-order valence-corrected chi connectivity index (χ1v) is 8.38. The van der Waals surface area contributed by atoms with Gasteiger partial charge < -0.3 is 5.32 Å². The summed E-state index contributed by atoms with van der Waals surface area (Å²) < 4.78 is 0. The summed E-state index contributed by atoms with van der Waals surface area (Å²) in [6, 6.07) is 9.05. The van der Waals surface area contributed by atoms with Gasteiger partial charge in [-0.1, -0.05) is 36.8 Å². The molecule has 1 aromatic carbocycles. The van der Waals surface area contributed by atoms with Crippen molar-refractivity contribution in [3.05, 3.63) is 51.0 Å². The lowest BCUT2D eigenvalue weighted by molar-refractivity contribution is 0.594. The van der Waals surface area contributed by atoms with Gasteiger partial charge in [0, 0.05) is 4.88 Å². The Kier molecular flexibility index (Phi) is 4.18. The maximum absolute atomic E-state index is 4.91. The van der Waals surface area contributed by atoms with E-state index < -0.39 is 0 Å². The lowest BCUT2D eigenvalue weighted by Crippen LogP contribution is -2.23. The largest absolute Gasteiger partial charge is 0.304 e. The van der Waals surface area contributed by atoms with Crippen molar-refractivity contribution in [2.24, 2.45) is 0 Å². The number of hydrogen-bond donors (Lipinski definition) is 1. The fourth-order valence-corrected chi connectivity index (χ4v) is 4.08. The Morgan fingerprint density at radius 1 is 1.35 bits per heavy atom. The number of nitrogens with zero attached hydrogens (tertiary/aromatic N) is 1. The van der Waals surface area contributed by atoms with Crippen molar-refractivity contribution >= 4 is 11.3 Å². The number of hydrogen-bond acceptors (Lipinski definition) is 3. The molecule has 0 radical (unpaired) electrons. The molecule has 1 unspecified atom stereocenters. The van der Waals surface area contributed by atoms with E-state index in [0.29, 0.717) is 0 Å². The van der Waals surface area contributed by atoms with E-state index in [1.54, 1.807) is 0 Å². The minimum atomic E-state index is 0.255. The molecule has 1 aliphatic carbocycles. The van der Waals surface area contributed by atoms with Crippen molar-refractivity contribution in [2.75, 3.05) is 6.54 Å². The zero-order chi connectivity index (χ0) is 13.9. The monoisotopic (exact) mass is 286 g/mol. The second kappa shape index (κ2) is 6.06. The molecule has 1 aromatic heterocycles. The molecule has 0 saturated carbocycles. The molecule has 0 spiro atoms. The smallest absolute Gasteiger partial charge is 0.115 e. The van der Waals surface area contributed by atoms with Crippen LogP contribution in [0.1, 0.15) is 52.5 Å². The summed E-state index contributed by atoms with van der Waals surface area (Å²) in [7, 11) is 0. The van der Waals surface area contributed by atoms with Crippen LogP contribution in [-0.4, -0.2) is 11.5 Å². The van der Waals surface area contributed by atoms with Crippen molar-refractivity contribution in [2.45, 2.75) is 45.6 Å². The van der Waals surface area contributed by atoms with E-state index in [1.165, 1.54) is 46.0 Å². The highest BCUT2D eigenvalue weighted by Crippen LogP contribution is 2.33. The third-order valence-electron chi connectivity index (χ3n) is 3.83. The number of benzene rings is 1. The lowest BCUT2D eigenvalue weighted by atomic mass is 10.0. The zero-order valence-electron chi connectivity index (χ0n) is 12.3. The second-order valence-electron chi connectivity index (χ2n) is 5.58. The molecule has 0 saturated heterocycles. The van der Waals surface area contributed by atoms with Crippen molar-refractivity contribution in [3.63, 3.8) is 0 Å². The van der Waals surface area contributed by atoms with Gasteiger partial charge in [0.15, 0.2) is 0 Å². The fourth-order valence-electron chi connectivity index (χ4n) is 2.82. The van der Waals surface area contributed by atoms with Crippen molar-refractivity contribution < 1.29 is 0 Å². The average molecular weight is 286 g/mol. The molecule has 106 valence electrons. The Labute approximate surface area is 125 Å². The fraction of sp³-hybridized carbons (Fsp3) is 0.471. The van der Waals surface area contributed by atoms with Crippen LogP contribution in [0.15, 0.2) is 24.3 Å². The Balaban J connectivity index is 1.92. The summed E-state index contributed by atoms with van der Waals surface area (Å²) in [4.78, 5) is 6.42. The summed E-state index contributed by atoms with van der Waals surface area (Å²) >= 11 is 1.91. The average Bonchev–Trinajstić information content (AvgIpc) is 3.00. The number of thiazole rings is 1. The molecule has 1 aliphatic rings. The van der Waals surface area contributed by atoms with Gasteiger partial charge in [-0.2, -0.15) is 0 Å². The highest BCUT2D eigenvalue weighted by atomic mass is 32.1. The molecule has 3 rings (SSSR count). The first-order chi connectivity index (χ1) is 9.78. The van der Waals surface area contributed by atoms with Gasteiger partial charge in [0.1, 0.15) is 5.01 Å². The van der Waals surface area contributed by atoms with Crippen LogP contribution in [0.2, 0.25) is 0 Å². The molecule has 0 amide bonds. The Morgan fingerprint density at radius 3 is 3.00 bits per heavy atom. The van der Waals surface area contributed by atoms with Gasteiger partial charge in [-0.3, -0.25) is 0 Å². The Morgan fingerprint density at radius 2 is 2.25 bits per heavy atom. The van der Waals surface area contributed by atoms with Crippen LogP contribution in [0.4, 0.5) is 0 Å². The van der Waals surface area contributed by atoms with Crippen molar-refractivity contribution in [1.29, 1.82) is 0 Å². The minimum Gasteiger partial charge on any atom is -0.304 e. The molecule has 1 N–H and O–H groups in total. The van der Waals surface area contributed by atoms with Gasteiger partial charge in [-0.05, 0) is 44.7 Å². The standard InChI is InChI=1S/C17H22N2S/c1-3-10-18-16(13-7-4-6-12(2)11-13)17-19-14-8-5-9-15(14)20-17/h4,6-7,11,16,18H,3,5,8-10H2,1-2H3. The predicted octanol–water partition coefficient (Wildman–Crippen LogP) is 4.03. The Hall–Kier alpha value is -1.19. The number of aryl methyl sites for hydroxylation is 3. The molecule has 2 aromatic rings. The number of nitrogens with one attached hydrogen (secondary N) is 1. The van der Waals surface area contributed by atoms with Gasteiger partial charge in [0.25, 0.3) is 0 Å². The van der Waals surface area contributed by atoms with Crippen LogP contribution in [0.5, 0.6) is 0 Å². The van der Waals surface area contributed by atoms with Gasteiger partial charge in [0.2, 0.25) is 0 Å². The maximum atomic E-state index is 4.91. The van der Waals surface area contributed by atoms with Gasteiger partial charge in [0.05, 0.1) is 11.7 Å².